The van der Waals surface area contributed by atoms with Gasteiger partial charge in [0.05, 0.1) is 22.7 Å². The van der Waals surface area contributed by atoms with Gasteiger partial charge in [-0.15, -0.1) is 0 Å². The summed E-state index contributed by atoms with van der Waals surface area (Å²) in [5.74, 6) is -1.63. The van der Waals surface area contributed by atoms with Crippen LogP contribution in [0.2, 0.25) is 0 Å². The summed E-state index contributed by atoms with van der Waals surface area (Å²) in [5.41, 5.74) is 0.239. The zero-order valence-corrected chi connectivity index (χ0v) is 12.6. The maximum absolute atomic E-state index is 13.7. The fraction of sp³-hybridized carbons (Fsp3) is 0.167. The molecule has 2 amide bonds. The van der Waals surface area contributed by atoms with Gasteiger partial charge < -0.3 is 0 Å². The molecule has 0 aliphatic carbocycles. The van der Waals surface area contributed by atoms with E-state index in [1.54, 1.807) is 38.1 Å². The van der Waals surface area contributed by atoms with Gasteiger partial charge in [0, 0.05) is 5.56 Å². The number of benzene rings is 2. The van der Waals surface area contributed by atoms with Gasteiger partial charge in [-0.2, -0.15) is 5.26 Å². The fourth-order valence-corrected chi connectivity index (χ4v) is 2.82. The number of fused-ring (bicyclic) bond motifs is 1. The summed E-state index contributed by atoms with van der Waals surface area (Å²) in [6.45, 7) is 3.44. The number of carbonyl (C=O) groups excluding carboxylic acids is 2. The number of imide groups is 1. The van der Waals surface area contributed by atoms with Crippen molar-refractivity contribution >= 4 is 17.5 Å². The number of hydrogen-bond acceptors (Lipinski definition) is 3. The molecule has 1 aliphatic rings. The smallest absolute Gasteiger partial charge is 0.265 e. The Hall–Kier alpha value is -3.00. The second-order valence-corrected chi connectivity index (χ2v) is 5.93. The molecule has 2 aromatic carbocycles. The molecular formula is C18H13FN2O2. The Kier molecular flexibility index (Phi) is 3.26. The van der Waals surface area contributed by atoms with E-state index in [1.165, 1.54) is 6.07 Å². The number of nitriles is 1. The Morgan fingerprint density at radius 1 is 1.13 bits per heavy atom. The number of rotatable bonds is 1. The molecule has 0 atom stereocenters. The molecule has 0 aromatic heterocycles. The van der Waals surface area contributed by atoms with Gasteiger partial charge in [0.1, 0.15) is 5.82 Å². The summed E-state index contributed by atoms with van der Waals surface area (Å²) in [4.78, 5) is 26.5. The van der Waals surface area contributed by atoms with E-state index in [4.69, 9.17) is 5.26 Å². The summed E-state index contributed by atoms with van der Waals surface area (Å²) >= 11 is 0. The molecule has 0 saturated carbocycles. The minimum atomic E-state index is -0.927. The van der Waals surface area contributed by atoms with Gasteiger partial charge in [0.25, 0.3) is 5.91 Å². The summed E-state index contributed by atoms with van der Waals surface area (Å²) in [6.07, 6.45) is 0. The van der Waals surface area contributed by atoms with Crippen molar-refractivity contribution in [3.63, 3.8) is 0 Å². The van der Waals surface area contributed by atoms with Crippen LogP contribution >= 0.6 is 0 Å². The van der Waals surface area contributed by atoms with E-state index in [2.05, 4.69) is 0 Å². The Bertz CT molecular complexity index is 881. The lowest BCUT2D eigenvalue weighted by Gasteiger charge is -2.37. The van der Waals surface area contributed by atoms with Crippen LogP contribution in [0.4, 0.5) is 10.1 Å². The zero-order valence-electron chi connectivity index (χ0n) is 12.6. The predicted molar refractivity (Wildman–Crippen MR) is 82.4 cm³/mol. The summed E-state index contributed by atoms with van der Waals surface area (Å²) < 4.78 is 13.7. The zero-order chi connectivity index (χ0) is 16.8. The number of carbonyl (C=O) groups is 2. The lowest BCUT2D eigenvalue weighted by Crippen LogP contribution is -2.52. The van der Waals surface area contributed by atoms with Crippen LogP contribution in [0.1, 0.15) is 35.3 Å². The maximum Gasteiger partial charge on any atom is 0.265 e. The molecule has 114 valence electrons. The van der Waals surface area contributed by atoms with Gasteiger partial charge in [-0.1, -0.05) is 18.2 Å². The molecule has 0 bridgehead atoms. The first-order valence-corrected chi connectivity index (χ1v) is 7.05. The van der Waals surface area contributed by atoms with Crippen LogP contribution in [0.15, 0.2) is 42.5 Å². The summed E-state index contributed by atoms with van der Waals surface area (Å²) in [7, 11) is 0. The van der Waals surface area contributed by atoms with Crippen molar-refractivity contribution in [2.24, 2.45) is 0 Å². The molecule has 4 nitrogen and oxygen atoms in total. The molecule has 2 aromatic rings. The van der Waals surface area contributed by atoms with Crippen LogP contribution in [0.3, 0.4) is 0 Å². The number of nitrogens with zero attached hydrogens (tertiary/aromatic N) is 2. The normalized spacial score (nSPS) is 16.0. The fourth-order valence-electron chi connectivity index (χ4n) is 2.82. The van der Waals surface area contributed by atoms with Gasteiger partial charge in [-0.05, 0) is 43.7 Å². The SMILES string of the molecule is CC1(C)C(=O)N(c2cc(F)cc(C#N)c2)C(=O)c2ccccc21. The standard InChI is InChI=1S/C18H13FN2O2/c1-18(2)15-6-4-3-5-14(15)16(22)21(17(18)23)13-8-11(10-20)7-12(19)9-13/h3-9H,1-2H3. The van der Waals surface area contributed by atoms with E-state index in [0.717, 1.165) is 17.0 Å². The third kappa shape index (κ3) is 2.20. The Morgan fingerprint density at radius 3 is 2.52 bits per heavy atom. The Balaban J connectivity index is 2.23. The van der Waals surface area contributed by atoms with E-state index in [9.17, 15) is 14.0 Å². The van der Waals surface area contributed by atoms with Gasteiger partial charge in [0.2, 0.25) is 5.91 Å². The second-order valence-electron chi connectivity index (χ2n) is 5.93. The highest BCUT2D eigenvalue weighted by molar-refractivity contribution is 6.27. The Morgan fingerprint density at radius 2 is 1.83 bits per heavy atom. The Labute approximate surface area is 132 Å². The quantitative estimate of drug-likeness (QED) is 0.760. The average molecular weight is 308 g/mol. The van der Waals surface area contributed by atoms with E-state index in [0.29, 0.717) is 11.1 Å². The second kappa shape index (κ2) is 5.03. The highest BCUT2D eigenvalue weighted by Crippen LogP contribution is 2.37. The molecule has 0 unspecified atom stereocenters. The average Bonchev–Trinajstić information content (AvgIpc) is 2.53. The van der Waals surface area contributed by atoms with E-state index >= 15 is 0 Å². The molecule has 1 aliphatic heterocycles. The van der Waals surface area contributed by atoms with Gasteiger partial charge in [0.15, 0.2) is 0 Å². The monoisotopic (exact) mass is 308 g/mol. The predicted octanol–water partition coefficient (Wildman–Crippen LogP) is 3.16. The van der Waals surface area contributed by atoms with Crippen LogP contribution in [0, 0.1) is 17.1 Å². The van der Waals surface area contributed by atoms with E-state index in [-0.39, 0.29) is 11.3 Å². The minimum Gasteiger partial charge on any atom is -0.273 e. The first kappa shape index (κ1) is 14.9. The molecule has 0 saturated heterocycles. The van der Waals surface area contributed by atoms with E-state index < -0.39 is 23.0 Å². The van der Waals surface area contributed by atoms with Crippen molar-refractivity contribution in [3.8, 4) is 6.07 Å². The first-order chi connectivity index (χ1) is 10.9. The first-order valence-electron chi connectivity index (χ1n) is 7.05. The number of halogens is 1. The van der Waals surface area contributed by atoms with Crippen LogP contribution < -0.4 is 4.90 Å². The van der Waals surface area contributed by atoms with Crippen LogP contribution in [-0.2, 0) is 10.2 Å². The topological polar surface area (TPSA) is 61.2 Å². The van der Waals surface area contributed by atoms with Crippen molar-refractivity contribution in [1.29, 1.82) is 5.26 Å². The summed E-state index contributed by atoms with van der Waals surface area (Å²) in [5, 5.41) is 8.97. The number of amides is 2. The highest BCUT2D eigenvalue weighted by Gasteiger charge is 2.45. The molecule has 0 radical (unpaired) electrons. The van der Waals surface area contributed by atoms with Crippen LogP contribution in [0.5, 0.6) is 0 Å². The lowest BCUT2D eigenvalue weighted by molar-refractivity contribution is -0.122. The highest BCUT2D eigenvalue weighted by atomic mass is 19.1. The molecular weight excluding hydrogens is 295 g/mol. The van der Waals surface area contributed by atoms with Crippen molar-refractivity contribution in [1.82, 2.24) is 0 Å². The van der Waals surface area contributed by atoms with Crippen molar-refractivity contribution < 1.29 is 14.0 Å². The number of hydrogen-bond donors (Lipinski definition) is 0. The van der Waals surface area contributed by atoms with E-state index in [1.807, 2.05) is 6.07 Å². The van der Waals surface area contributed by atoms with Gasteiger partial charge >= 0.3 is 0 Å². The van der Waals surface area contributed by atoms with Crippen molar-refractivity contribution in [2.45, 2.75) is 19.3 Å². The lowest BCUT2D eigenvalue weighted by atomic mass is 9.77. The molecule has 0 fully saturated rings. The molecule has 0 spiro atoms. The third-order valence-corrected chi connectivity index (χ3v) is 4.04. The molecule has 5 heteroatoms. The largest absolute Gasteiger partial charge is 0.273 e. The third-order valence-electron chi connectivity index (χ3n) is 4.04. The molecule has 23 heavy (non-hydrogen) atoms. The van der Waals surface area contributed by atoms with Crippen LogP contribution in [0.25, 0.3) is 0 Å². The molecule has 3 rings (SSSR count). The molecule has 1 heterocycles. The number of anilines is 1. The molecule has 0 N–H and O–H groups in total. The van der Waals surface area contributed by atoms with Gasteiger partial charge in [-0.3, -0.25) is 9.59 Å². The minimum absolute atomic E-state index is 0.0530. The summed E-state index contributed by atoms with van der Waals surface area (Å²) in [6, 6.07) is 12.2. The van der Waals surface area contributed by atoms with Crippen molar-refractivity contribution in [3.05, 3.63) is 65.0 Å². The van der Waals surface area contributed by atoms with Gasteiger partial charge in [-0.25, -0.2) is 9.29 Å². The van der Waals surface area contributed by atoms with Crippen molar-refractivity contribution in [2.75, 3.05) is 4.90 Å². The maximum atomic E-state index is 13.7. The van der Waals surface area contributed by atoms with Crippen LogP contribution in [-0.4, -0.2) is 11.8 Å².